The lowest BCUT2D eigenvalue weighted by atomic mass is 9.96. The molecule has 0 saturated carbocycles. The standard InChI is InChI=1S/C21H16INO3/c1-10(2)11-3-6-16-12(7-11)8-17(24)19(23-16)18-20(25)14-5-4-13(22)9-15(14)21(18)26/h3-10,18,24H,1-2H3. The third kappa shape index (κ3) is 2.61. The minimum absolute atomic E-state index is 0.118. The highest BCUT2D eigenvalue weighted by Gasteiger charge is 2.42. The van der Waals surface area contributed by atoms with Crippen molar-refractivity contribution in [2.75, 3.05) is 0 Å². The van der Waals surface area contributed by atoms with E-state index in [1.165, 1.54) is 0 Å². The van der Waals surface area contributed by atoms with E-state index in [1.807, 2.05) is 18.2 Å². The van der Waals surface area contributed by atoms with E-state index < -0.39 is 5.92 Å². The van der Waals surface area contributed by atoms with Crippen LogP contribution in [0.3, 0.4) is 0 Å². The van der Waals surface area contributed by atoms with Crippen LogP contribution in [0.25, 0.3) is 10.9 Å². The summed E-state index contributed by atoms with van der Waals surface area (Å²) in [5.41, 5.74) is 2.74. The van der Waals surface area contributed by atoms with Gasteiger partial charge in [0.25, 0.3) is 0 Å². The Labute approximate surface area is 164 Å². The third-order valence-corrected chi connectivity index (χ3v) is 5.50. The van der Waals surface area contributed by atoms with Gasteiger partial charge < -0.3 is 5.11 Å². The van der Waals surface area contributed by atoms with Crippen LogP contribution in [0.5, 0.6) is 5.75 Å². The van der Waals surface area contributed by atoms with Gasteiger partial charge in [-0.1, -0.05) is 19.9 Å². The zero-order chi connectivity index (χ0) is 18.6. The number of Topliss-reactive ketones (excluding diaryl/α,β-unsaturated/α-hetero) is 2. The van der Waals surface area contributed by atoms with Crippen molar-refractivity contribution in [3.05, 3.63) is 68.4 Å². The number of carbonyl (C=O) groups excluding carboxylic acids is 2. The van der Waals surface area contributed by atoms with Crippen molar-refractivity contribution in [3.8, 4) is 5.75 Å². The molecule has 5 heteroatoms. The molecule has 1 aliphatic carbocycles. The van der Waals surface area contributed by atoms with Gasteiger partial charge in [0.05, 0.1) is 5.52 Å². The molecule has 2 aromatic carbocycles. The number of hydrogen-bond acceptors (Lipinski definition) is 4. The molecule has 26 heavy (non-hydrogen) atoms. The summed E-state index contributed by atoms with van der Waals surface area (Å²) in [6.45, 7) is 4.19. The fraction of sp³-hybridized carbons (Fsp3) is 0.190. The van der Waals surface area contributed by atoms with Gasteiger partial charge in [-0.3, -0.25) is 9.59 Å². The van der Waals surface area contributed by atoms with E-state index in [1.54, 1.807) is 24.3 Å². The average molecular weight is 457 g/mol. The number of nitrogens with zero attached hydrogens (tertiary/aromatic N) is 1. The molecule has 0 spiro atoms. The molecule has 1 N–H and O–H groups in total. The van der Waals surface area contributed by atoms with E-state index in [2.05, 4.69) is 41.4 Å². The third-order valence-electron chi connectivity index (χ3n) is 4.82. The molecule has 0 bridgehead atoms. The summed E-state index contributed by atoms with van der Waals surface area (Å²) in [6.07, 6.45) is 0. The smallest absolute Gasteiger partial charge is 0.180 e. The van der Waals surface area contributed by atoms with Gasteiger partial charge in [-0.15, -0.1) is 0 Å². The number of carbonyl (C=O) groups is 2. The Hall–Kier alpha value is -2.28. The molecule has 1 unspecified atom stereocenters. The van der Waals surface area contributed by atoms with Crippen molar-refractivity contribution in [2.24, 2.45) is 0 Å². The van der Waals surface area contributed by atoms with Crippen molar-refractivity contribution in [2.45, 2.75) is 25.7 Å². The Morgan fingerprint density at radius 2 is 1.73 bits per heavy atom. The number of pyridine rings is 1. The highest BCUT2D eigenvalue weighted by Crippen LogP contribution is 2.38. The SMILES string of the molecule is CC(C)c1ccc2nc(C3C(=O)c4ccc(I)cc4C3=O)c(O)cc2c1. The molecule has 1 heterocycles. The van der Waals surface area contributed by atoms with E-state index >= 15 is 0 Å². The first-order chi connectivity index (χ1) is 12.4. The van der Waals surface area contributed by atoms with Crippen LogP contribution in [0.4, 0.5) is 0 Å². The molecule has 4 nitrogen and oxygen atoms in total. The summed E-state index contributed by atoms with van der Waals surface area (Å²) in [6, 6.07) is 12.6. The molecule has 0 amide bonds. The number of rotatable bonds is 2. The quantitative estimate of drug-likeness (QED) is 0.442. The Morgan fingerprint density at radius 1 is 1.00 bits per heavy atom. The molecular formula is C21H16INO3. The monoisotopic (exact) mass is 457 g/mol. The number of aromatic nitrogens is 1. The lowest BCUT2D eigenvalue weighted by molar-refractivity contribution is 0.0886. The van der Waals surface area contributed by atoms with E-state index in [9.17, 15) is 14.7 Å². The molecule has 0 radical (unpaired) electrons. The summed E-state index contributed by atoms with van der Waals surface area (Å²) in [7, 11) is 0. The van der Waals surface area contributed by atoms with Gasteiger partial charge in [0, 0.05) is 20.1 Å². The maximum Gasteiger partial charge on any atom is 0.180 e. The van der Waals surface area contributed by atoms with Gasteiger partial charge in [0.2, 0.25) is 0 Å². The number of halogens is 1. The van der Waals surface area contributed by atoms with Crippen molar-refractivity contribution >= 4 is 45.1 Å². The van der Waals surface area contributed by atoms with Crippen molar-refractivity contribution in [1.82, 2.24) is 4.98 Å². The van der Waals surface area contributed by atoms with Crippen LogP contribution in [0, 0.1) is 3.57 Å². The van der Waals surface area contributed by atoms with Crippen LogP contribution in [0.2, 0.25) is 0 Å². The van der Waals surface area contributed by atoms with E-state index in [-0.39, 0.29) is 23.0 Å². The second-order valence-electron chi connectivity index (χ2n) is 6.85. The summed E-state index contributed by atoms with van der Waals surface area (Å²) in [4.78, 5) is 30.1. The molecule has 3 aromatic rings. The minimum atomic E-state index is -1.07. The fourth-order valence-corrected chi connectivity index (χ4v) is 3.88. The fourth-order valence-electron chi connectivity index (χ4n) is 3.38. The molecule has 1 aliphatic rings. The van der Waals surface area contributed by atoms with Crippen LogP contribution in [0.15, 0.2) is 42.5 Å². The largest absolute Gasteiger partial charge is 0.506 e. The highest BCUT2D eigenvalue weighted by atomic mass is 127. The van der Waals surface area contributed by atoms with Crippen LogP contribution >= 0.6 is 22.6 Å². The molecule has 0 aliphatic heterocycles. The molecular weight excluding hydrogens is 441 g/mol. The Kier molecular flexibility index (Phi) is 4.06. The second kappa shape index (κ2) is 6.16. The first-order valence-corrected chi connectivity index (χ1v) is 9.46. The van der Waals surface area contributed by atoms with E-state index in [4.69, 9.17) is 0 Å². The molecule has 4 rings (SSSR count). The summed E-state index contributed by atoms with van der Waals surface area (Å²) >= 11 is 2.11. The first kappa shape index (κ1) is 17.1. The van der Waals surface area contributed by atoms with Gasteiger partial charge in [0.15, 0.2) is 11.6 Å². The van der Waals surface area contributed by atoms with Crippen LogP contribution < -0.4 is 0 Å². The molecule has 0 fully saturated rings. The number of fused-ring (bicyclic) bond motifs is 2. The number of hydrogen-bond donors (Lipinski definition) is 1. The van der Waals surface area contributed by atoms with E-state index in [0.29, 0.717) is 22.6 Å². The number of benzene rings is 2. The van der Waals surface area contributed by atoms with Crippen LogP contribution in [-0.2, 0) is 0 Å². The minimum Gasteiger partial charge on any atom is -0.506 e. The highest BCUT2D eigenvalue weighted by molar-refractivity contribution is 14.1. The number of ketones is 2. The van der Waals surface area contributed by atoms with Crippen LogP contribution in [0.1, 0.15) is 57.7 Å². The van der Waals surface area contributed by atoms with Crippen molar-refractivity contribution < 1.29 is 14.7 Å². The lowest BCUT2D eigenvalue weighted by Crippen LogP contribution is -2.14. The molecule has 130 valence electrons. The summed E-state index contributed by atoms with van der Waals surface area (Å²) in [5, 5.41) is 11.3. The maximum absolute atomic E-state index is 12.8. The Bertz CT molecular complexity index is 1090. The maximum atomic E-state index is 12.8. The normalized spacial score (nSPS) is 16.5. The second-order valence-corrected chi connectivity index (χ2v) is 8.10. The lowest BCUT2D eigenvalue weighted by Gasteiger charge is -2.12. The van der Waals surface area contributed by atoms with Gasteiger partial charge in [-0.25, -0.2) is 4.98 Å². The predicted molar refractivity (Wildman–Crippen MR) is 108 cm³/mol. The van der Waals surface area contributed by atoms with Gasteiger partial charge in [-0.2, -0.15) is 0 Å². The average Bonchev–Trinajstić information content (AvgIpc) is 2.84. The topological polar surface area (TPSA) is 67.3 Å². The summed E-state index contributed by atoms with van der Waals surface area (Å²) < 4.78 is 0.889. The van der Waals surface area contributed by atoms with Crippen molar-refractivity contribution in [3.63, 3.8) is 0 Å². The number of aromatic hydroxyl groups is 1. The van der Waals surface area contributed by atoms with Gasteiger partial charge in [0.1, 0.15) is 17.4 Å². The van der Waals surface area contributed by atoms with Crippen LogP contribution in [-0.4, -0.2) is 21.7 Å². The first-order valence-electron chi connectivity index (χ1n) is 8.38. The zero-order valence-corrected chi connectivity index (χ0v) is 16.4. The summed E-state index contributed by atoms with van der Waals surface area (Å²) in [5.74, 6) is -1.44. The predicted octanol–water partition coefficient (Wildman–Crippen LogP) is 4.83. The van der Waals surface area contributed by atoms with Gasteiger partial charge in [-0.05, 0) is 70.5 Å². The Balaban J connectivity index is 1.85. The van der Waals surface area contributed by atoms with Gasteiger partial charge >= 0.3 is 0 Å². The Morgan fingerprint density at radius 3 is 2.46 bits per heavy atom. The molecule has 1 aromatic heterocycles. The molecule has 1 atom stereocenters. The van der Waals surface area contributed by atoms with E-state index in [0.717, 1.165) is 14.5 Å². The molecule has 0 saturated heterocycles. The van der Waals surface area contributed by atoms with Crippen molar-refractivity contribution in [1.29, 1.82) is 0 Å². The zero-order valence-electron chi connectivity index (χ0n) is 14.3.